The van der Waals surface area contributed by atoms with E-state index in [0.717, 1.165) is 29.3 Å². The number of ether oxygens (including phenoxy) is 2. The van der Waals surface area contributed by atoms with Gasteiger partial charge in [0, 0.05) is 13.1 Å². The molecule has 0 atom stereocenters. The van der Waals surface area contributed by atoms with Crippen LogP contribution in [0.25, 0.3) is 6.08 Å². The lowest BCUT2D eigenvalue weighted by Crippen LogP contribution is -2.28. The van der Waals surface area contributed by atoms with Crippen LogP contribution < -0.4 is 9.47 Å². The predicted octanol–water partition coefficient (Wildman–Crippen LogP) is 4.19. The van der Waals surface area contributed by atoms with Crippen LogP contribution in [0.1, 0.15) is 39.2 Å². The Hall–Kier alpha value is -1.95. The van der Waals surface area contributed by atoms with E-state index in [-0.39, 0.29) is 5.91 Å². The molecule has 1 saturated heterocycles. The number of carbonyl (C=O) groups is 1. The average Bonchev–Trinajstić information content (AvgIpc) is 2.91. The van der Waals surface area contributed by atoms with Crippen molar-refractivity contribution in [2.24, 2.45) is 4.99 Å². The fourth-order valence-electron chi connectivity index (χ4n) is 2.41. The van der Waals surface area contributed by atoms with Crippen molar-refractivity contribution >= 4 is 28.9 Å². The van der Waals surface area contributed by atoms with Gasteiger partial charge >= 0.3 is 0 Å². The van der Waals surface area contributed by atoms with Gasteiger partial charge in [-0.15, -0.1) is 0 Å². The summed E-state index contributed by atoms with van der Waals surface area (Å²) in [6, 6.07) is 5.73. The number of unbranched alkanes of at least 4 members (excludes halogenated alkanes) is 1. The molecule has 1 amide bonds. The van der Waals surface area contributed by atoms with E-state index in [1.54, 1.807) is 12.0 Å². The summed E-state index contributed by atoms with van der Waals surface area (Å²) < 4.78 is 11.2. The smallest absolute Gasteiger partial charge is 0.266 e. The highest BCUT2D eigenvalue weighted by atomic mass is 32.2. The number of aliphatic imine (C=N–C) groups is 1. The maximum atomic E-state index is 12.5. The third kappa shape index (κ3) is 4.78. The average molecular weight is 362 g/mol. The van der Waals surface area contributed by atoms with Gasteiger partial charge in [0.2, 0.25) is 0 Å². The molecule has 1 aliphatic heterocycles. The Bertz CT molecular complexity index is 671. The first-order valence-electron chi connectivity index (χ1n) is 8.71. The van der Waals surface area contributed by atoms with E-state index < -0.39 is 0 Å². The van der Waals surface area contributed by atoms with Crippen LogP contribution in [0.15, 0.2) is 28.1 Å². The maximum Gasteiger partial charge on any atom is 0.266 e. The first-order valence-corrected chi connectivity index (χ1v) is 9.52. The van der Waals surface area contributed by atoms with E-state index in [4.69, 9.17) is 9.47 Å². The lowest BCUT2D eigenvalue weighted by molar-refractivity contribution is -0.122. The summed E-state index contributed by atoms with van der Waals surface area (Å²) in [5.41, 5.74) is 0.907. The second-order valence-corrected chi connectivity index (χ2v) is 6.54. The molecule has 0 N–H and O–H groups in total. The highest BCUT2D eigenvalue weighted by Gasteiger charge is 2.31. The normalized spacial score (nSPS) is 17.6. The Morgan fingerprint density at radius 2 is 2.04 bits per heavy atom. The Morgan fingerprint density at radius 1 is 1.24 bits per heavy atom. The quantitative estimate of drug-likeness (QED) is 0.514. The molecular weight excluding hydrogens is 336 g/mol. The molecule has 2 rings (SSSR count). The van der Waals surface area contributed by atoms with Gasteiger partial charge in [-0.1, -0.05) is 19.4 Å². The summed E-state index contributed by atoms with van der Waals surface area (Å²) in [5, 5.41) is 0.771. The van der Waals surface area contributed by atoms with Crippen molar-refractivity contribution in [2.45, 2.75) is 33.6 Å². The summed E-state index contributed by atoms with van der Waals surface area (Å²) in [4.78, 5) is 19.3. The minimum atomic E-state index is 0.00180. The van der Waals surface area contributed by atoms with E-state index in [9.17, 15) is 4.79 Å². The molecule has 0 bridgehead atoms. The summed E-state index contributed by atoms with van der Waals surface area (Å²) in [5.74, 6) is 1.41. The Labute approximate surface area is 154 Å². The van der Waals surface area contributed by atoms with Crippen molar-refractivity contribution in [3.05, 3.63) is 28.7 Å². The highest BCUT2D eigenvalue weighted by Crippen LogP contribution is 2.34. The van der Waals surface area contributed by atoms with Gasteiger partial charge in [-0.05, 0) is 55.8 Å². The van der Waals surface area contributed by atoms with Gasteiger partial charge in [-0.2, -0.15) is 0 Å². The van der Waals surface area contributed by atoms with Gasteiger partial charge in [0.1, 0.15) is 0 Å². The summed E-state index contributed by atoms with van der Waals surface area (Å²) >= 11 is 1.42. The molecule has 0 radical (unpaired) electrons. The minimum absolute atomic E-state index is 0.00180. The first kappa shape index (κ1) is 19.4. The number of rotatable bonds is 8. The topological polar surface area (TPSA) is 51.1 Å². The Kier molecular flexibility index (Phi) is 7.37. The van der Waals surface area contributed by atoms with Crippen molar-refractivity contribution < 1.29 is 14.3 Å². The maximum absolute atomic E-state index is 12.5. The van der Waals surface area contributed by atoms with Crippen LogP contribution >= 0.6 is 11.8 Å². The number of amides is 1. The second kappa shape index (κ2) is 9.51. The fraction of sp³-hybridized carbons (Fsp3) is 0.474. The molecule has 5 nitrogen and oxygen atoms in total. The van der Waals surface area contributed by atoms with Crippen LogP contribution in [-0.2, 0) is 4.79 Å². The molecule has 1 aromatic carbocycles. The van der Waals surface area contributed by atoms with Crippen molar-refractivity contribution in [3.63, 3.8) is 0 Å². The number of hydrogen-bond acceptors (Lipinski definition) is 5. The van der Waals surface area contributed by atoms with Gasteiger partial charge in [0.15, 0.2) is 16.7 Å². The largest absolute Gasteiger partial charge is 0.493 e. The van der Waals surface area contributed by atoms with Crippen molar-refractivity contribution in [1.29, 1.82) is 0 Å². The number of amidine groups is 1. The second-order valence-electron chi connectivity index (χ2n) is 5.53. The molecule has 25 heavy (non-hydrogen) atoms. The first-order chi connectivity index (χ1) is 12.1. The van der Waals surface area contributed by atoms with E-state index in [1.165, 1.54) is 11.8 Å². The zero-order valence-corrected chi connectivity index (χ0v) is 16.2. The van der Waals surface area contributed by atoms with Gasteiger partial charge in [-0.25, -0.2) is 0 Å². The summed E-state index contributed by atoms with van der Waals surface area (Å²) in [6.45, 7) is 8.01. The lowest BCUT2D eigenvalue weighted by atomic mass is 10.2. The number of likely N-dealkylation sites (N-methyl/N-ethyl adjacent to an activating group) is 1. The van der Waals surface area contributed by atoms with Crippen molar-refractivity contribution in [1.82, 2.24) is 4.90 Å². The molecule has 1 heterocycles. The van der Waals surface area contributed by atoms with Gasteiger partial charge in [0.05, 0.1) is 18.6 Å². The van der Waals surface area contributed by atoms with Crippen LogP contribution in [0.2, 0.25) is 0 Å². The zero-order chi connectivity index (χ0) is 18.2. The number of methoxy groups -OCH3 is 1. The Morgan fingerprint density at radius 3 is 2.68 bits per heavy atom. The lowest BCUT2D eigenvalue weighted by Gasteiger charge is -2.11. The van der Waals surface area contributed by atoms with Crippen molar-refractivity contribution in [2.75, 3.05) is 26.8 Å². The molecule has 1 fully saturated rings. The fourth-order valence-corrected chi connectivity index (χ4v) is 3.52. The molecule has 1 aromatic rings. The van der Waals surface area contributed by atoms with E-state index in [0.29, 0.717) is 30.4 Å². The molecular formula is C19H26N2O3S. The molecule has 0 unspecified atom stereocenters. The third-order valence-electron chi connectivity index (χ3n) is 3.74. The van der Waals surface area contributed by atoms with Gasteiger partial charge < -0.3 is 9.47 Å². The molecule has 136 valence electrons. The minimum Gasteiger partial charge on any atom is -0.493 e. The zero-order valence-electron chi connectivity index (χ0n) is 15.4. The van der Waals surface area contributed by atoms with Crippen LogP contribution in [-0.4, -0.2) is 42.8 Å². The number of nitrogens with zero attached hydrogens (tertiary/aromatic N) is 2. The molecule has 6 heteroatoms. The van der Waals surface area contributed by atoms with Gasteiger partial charge in [-0.3, -0.25) is 14.7 Å². The van der Waals surface area contributed by atoms with Gasteiger partial charge in [0.25, 0.3) is 5.91 Å². The van der Waals surface area contributed by atoms with E-state index in [2.05, 4.69) is 11.9 Å². The number of benzene rings is 1. The molecule has 1 aliphatic rings. The molecule has 0 aliphatic carbocycles. The standard InChI is InChI=1S/C19H26N2O3S/c1-5-8-11-24-15-10-9-14(12-16(15)23-4)13-17-18(22)21(7-3)19(25-17)20-6-2/h9-10,12-13H,5-8,11H2,1-4H3. The third-order valence-corrected chi connectivity index (χ3v) is 4.78. The van der Waals surface area contributed by atoms with Crippen LogP contribution in [0, 0.1) is 0 Å². The highest BCUT2D eigenvalue weighted by molar-refractivity contribution is 8.18. The van der Waals surface area contributed by atoms with Crippen molar-refractivity contribution in [3.8, 4) is 11.5 Å². The predicted molar refractivity (Wildman–Crippen MR) is 104 cm³/mol. The summed E-state index contributed by atoms with van der Waals surface area (Å²) in [6.07, 6.45) is 3.97. The molecule has 0 spiro atoms. The number of thioether (sulfide) groups is 1. The van der Waals surface area contributed by atoms with Crippen LogP contribution in [0.3, 0.4) is 0 Å². The van der Waals surface area contributed by atoms with Crippen LogP contribution in [0.4, 0.5) is 0 Å². The van der Waals surface area contributed by atoms with E-state index in [1.807, 2.05) is 38.1 Å². The van der Waals surface area contributed by atoms with E-state index >= 15 is 0 Å². The number of carbonyl (C=O) groups excluding carboxylic acids is 1. The summed E-state index contributed by atoms with van der Waals surface area (Å²) in [7, 11) is 1.62. The SMILES string of the molecule is CCCCOc1ccc(C=C2SC(=NCC)N(CC)C2=O)cc1OC. The monoisotopic (exact) mass is 362 g/mol. The molecule has 0 aromatic heterocycles. The number of hydrogen-bond donors (Lipinski definition) is 0. The molecule has 0 saturated carbocycles. The Balaban J connectivity index is 2.23. The van der Waals surface area contributed by atoms with Crippen LogP contribution in [0.5, 0.6) is 11.5 Å².